The second-order valence-corrected chi connectivity index (χ2v) is 3.90. The fourth-order valence-corrected chi connectivity index (χ4v) is 1.54. The lowest BCUT2D eigenvalue weighted by atomic mass is 10.2. The molecule has 5 heteroatoms. The maximum atomic E-state index is 11.7. The number of amides is 1. The molecule has 2 heterocycles. The third-order valence-electron chi connectivity index (χ3n) is 2.39. The Labute approximate surface area is 105 Å². The van der Waals surface area contributed by atoms with Gasteiger partial charge in [0, 0.05) is 31.6 Å². The molecule has 0 aliphatic rings. The van der Waals surface area contributed by atoms with Crippen molar-refractivity contribution in [2.24, 2.45) is 7.05 Å². The van der Waals surface area contributed by atoms with E-state index in [1.165, 1.54) is 6.08 Å². The van der Waals surface area contributed by atoms with Gasteiger partial charge in [-0.15, -0.1) is 0 Å². The van der Waals surface area contributed by atoms with Crippen LogP contribution in [0, 0.1) is 6.92 Å². The van der Waals surface area contributed by atoms with Crippen molar-refractivity contribution in [1.29, 1.82) is 0 Å². The Kier molecular flexibility index (Phi) is 3.52. The van der Waals surface area contributed by atoms with Crippen LogP contribution >= 0.6 is 0 Å². The highest BCUT2D eigenvalue weighted by molar-refractivity contribution is 6.01. The summed E-state index contributed by atoms with van der Waals surface area (Å²) in [4.78, 5) is 15.6. The fraction of sp³-hybridized carbons (Fsp3) is 0.154. The van der Waals surface area contributed by atoms with Crippen molar-refractivity contribution in [3.05, 3.63) is 47.9 Å². The number of anilines is 1. The molecule has 1 amide bonds. The Bertz CT molecular complexity index is 572. The summed E-state index contributed by atoms with van der Waals surface area (Å²) in [5, 5.41) is 6.91. The number of rotatable bonds is 3. The van der Waals surface area contributed by atoms with Crippen molar-refractivity contribution in [3.63, 3.8) is 0 Å². The molecule has 0 unspecified atom stereocenters. The predicted octanol–water partition coefficient (Wildman–Crippen LogP) is 1.78. The zero-order valence-electron chi connectivity index (χ0n) is 10.3. The SMILES string of the molecule is Cc1cc(NC(=O)/C=C/c2ccncc2)n(C)n1. The van der Waals surface area contributed by atoms with Crippen LogP contribution in [0.15, 0.2) is 36.7 Å². The normalized spacial score (nSPS) is 10.8. The number of carbonyl (C=O) groups excluding carboxylic acids is 1. The summed E-state index contributed by atoms with van der Waals surface area (Å²) in [6, 6.07) is 5.48. The van der Waals surface area contributed by atoms with Gasteiger partial charge in [0.05, 0.1) is 5.69 Å². The molecule has 1 N–H and O–H groups in total. The average Bonchev–Trinajstić information content (AvgIpc) is 2.67. The van der Waals surface area contributed by atoms with Gasteiger partial charge in [-0.05, 0) is 30.7 Å². The van der Waals surface area contributed by atoms with Crippen molar-refractivity contribution in [2.45, 2.75) is 6.92 Å². The van der Waals surface area contributed by atoms with Crippen LogP contribution in [-0.2, 0) is 11.8 Å². The van der Waals surface area contributed by atoms with E-state index >= 15 is 0 Å². The first kappa shape index (κ1) is 12.0. The van der Waals surface area contributed by atoms with Crippen LogP contribution in [0.25, 0.3) is 6.08 Å². The van der Waals surface area contributed by atoms with Gasteiger partial charge in [0.2, 0.25) is 5.91 Å². The molecule has 2 aromatic heterocycles. The predicted molar refractivity (Wildman–Crippen MR) is 69.8 cm³/mol. The van der Waals surface area contributed by atoms with Gasteiger partial charge in [0.25, 0.3) is 0 Å². The summed E-state index contributed by atoms with van der Waals surface area (Å²) in [6.45, 7) is 1.88. The van der Waals surface area contributed by atoms with Gasteiger partial charge >= 0.3 is 0 Å². The number of nitrogens with one attached hydrogen (secondary N) is 1. The van der Waals surface area contributed by atoms with Crippen LogP contribution in [0.1, 0.15) is 11.3 Å². The molecule has 0 spiro atoms. The van der Waals surface area contributed by atoms with Gasteiger partial charge in [0.15, 0.2) is 0 Å². The second kappa shape index (κ2) is 5.27. The zero-order chi connectivity index (χ0) is 13.0. The Morgan fingerprint density at radius 1 is 1.39 bits per heavy atom. The van der Waals surface area contributed by atoms with E-state index in [1.54, 1.807) is 30.2 Å². The van der Waals surface area contributed by atoms with Gasteiger partial charge in [-0.3, -0.25) is 14.5 Å². The Balaban J connectivity index is 2.01. The molecule has 0 bridgehead atoms. The van der Waals surface area contributed by atoms with Crippen molar-refractivity contribution in [3.8, 4) is 0 Å². The number of nitrogens with zero attached hydrogens (tertiary/aromatic N) is 3. The van der Waals surface area contributed by atoms with Crippen LogP contribution in [0.3, 0.4) is 0 Å². The number of hydrogen-bond donors (Lipinski definition) is 1. The second-order valence-electron chi connectivity index (χ2n) is 3.90. The number of carbonyl (C=O) groups is 1. The Morgan fingerprint density at radius 3 is 2.72 bits per heavy atom. The first-order valence-electron chi connectivity index (χ1n) is 5.55. The molecule has 0 aliphatic carbocycles. The lowest BCUT2D eigenvalue weighted by Gasteiger charge is -2.01. The Morgan fingerprint density at radius 2 is 2.11 bits per heavy atom. The van der Waals surface area contributed by atoms with E-state index in [0.29, 0.717) is 5.82 Å². The van der Waals surface area contributed by atoms with Crippen LogP contribution in [0.4, 0.5) is 5.82 Å². The number of aryl methyl sites for hydroxylation is 2. The molecule has 0 aliphatic heterocycles. The summed E-state index contributed by atoms with van der Waals surface area (Å²) in [5.41, 5.74) is 1.80. The molecule has 92 valence electrons. The van der Waals surface area contributed by atoms with Crippen LogP contribution in [0.2, 0.25) is 0 Å². The standard InChI is InChI=1S/C13H14N4O/c1-10-9-12(17(2)16-10)15-13(18)4-3-11-5-7-14-8-6-11/h3-9H,1-2H3,(H,15,18)/b4-3+. The Hall–Kier alpha value is -2.43. The minimum atomic E-state index is -0.185. The monoisotopic (exact) mass is 242 g/mol. The lowest BCUT2D eigenvalue weighted by Crippen LogP contribution is -2.11. The topological polar surface area (TPSA) is 59.8 Å². The van der Waals surface area contributed by atoms with E-state index in [0.717, 1.165) is 11.3 Å². The third-order valence-corrected chi connectivity index (χ3v) is 2.39. The lowest BCUT2D eigenvalue weighted by molar-refractivity contribution is -0.111. The van der Waals surface area contributed by atoms with E-state index in [9.17, 15) is 4.79 Å². The summed E-state index contributed by atoms with van der Waals surface area (Å²) in [7, 11) is 1.79. The number of aromatic nitrogens is 3. The summed E-state index contributed by atoms with van der Waals surface area (Å²) in [6.07, 6.45) is 6.59. The minimum absolute atomic E-state index is 0.185. The molecule has 5 nitrogen and oxygen atoms in total. The number of pyridine rings is 1. The fourth-order valence-electron chi connectivity index (χ4n) is 1.54. The van der Waals surface area contributed by atoms with E-state index < -0.39 is 0 Å². The van der Waals surface area contributed by atoms with Crippen LogP contribution in [-0.4, -0.2) is 20.7 Å². The molecular formula is C13H14N4O. The van der Waals surface area contributed by atoms with Gasteiger partial charge in [-0.2, -0.15) is 5.10 Å². The summed E-state index contributed by atoms with van der Waals surface area (Å²) in [5.74, 6) is 0.492. The number of hydrogen-bond acceptors (Lipinski definition) is 3. The van der Waals surface area contributed by atoms with E-state index in [1.807, 2.05) is 25.1 Å². The molecule has 0 saturated heterocycles. The van der Waals surface area contributed by atoms with Crippen molar-refractivity contribution in [2.75, 3.05) is 5.32 Å². The average molecular weight is 242 g/mol. The molecule has 2 aromatic rings. The van der Waals surface area contributed by atoms with Gasteiger partial charge in [-0.25, -0.2) is 0 Å². The van der Waals surface area contributed by atoms with Gasteiger partial charge in [0.1, 0.15) is 5.82 Å². The smallest absolute Gasteiger partial charge is 0.249 e. The largest absolute Gasteiger partial charge is 0.307 e. The van der Waals surface area contributed by atoms with E-state index in [2.05, 4.69) is 15.4 Å². The molecule has 0 fully saturated rings. The zero-order valence-corrected chi connectivity index (χ0v) is 10.3. The third kappa shape index (κ3) is 3.04. The summed E-state index contributed by atoms with van der Waals surface area (Å²) < 4.78 is 1.63. The molecule has 0 radical (unpaired) electrons. The van der Waals surface area contributed by atoms with Crippen LogP contribution in [0.5, 0.6) is 0 Å². The first-order valence-corrected chi connectivity index (χ1v) is 5.55. The van der Waals surface area contributed by atoms with Crippen LogP contribution < -0.4 is 5.32 Å². The molecule has 0 saturated carbocycles. The minimum Gasteiger partial charge on any atom is -0.307 e. The highest BCUT2D eigenvalue weighted by Crippen LogP contribution is 2.08. The van der Waals surface area contributed by atoms with Crippen molar-refractivity contribution >= 4 is 17.8 Å². The quantitative estimate of drug-likeness (QED) is 0.834. The van der Waals surface area contributed by atoms with E-state index in [-0.39, 0.29) is 5.91 Å². The van der Waals surface area contributed by atoms with Crippen molar-refractivity contribution in [1.82, 2.24) is 14.8 Å². The molecular weight excluding hydrogens is 228 g/mol. The highest BCUT2D eigenvalue weighted by Gasteiger charge is 2.03. The summed E-state index contributed by atoms with van der Waals surface area (Å²) >= 11 is 0. The maximum absolute atomic E-state index is 11.7. The molecule has 18 heavy (non-hydrogen) atoms. The molecule has 0 atom stereocenters. The van der Waals surface area contributed by atoms with Gasteiger partial charge < -0.3 is 5.32 Å². The van der Waals surface area contributed by atoms with E-state index in [4.69, 9.17) is 0 Å². The maximum Gasteiger partial charge on any atom is 0.249 e. The molecule has 0 aromatic carbocycles. The van der Waals surface area contributed by atoms with Gasteiger partial charge in [-0.1, -0.05) is 0 Å². The highest BCUT2D eigenvalue weighted by atomic mass is 16.1. The molecule has 2 rings (SSSR count). The van der Waals surface area contributed by atoms with Crippen molar-refractivity contribution < 1.29 is 4.79 Å². The first-order chi connectivity index (χ1) is 8.65.